The van der Waals surface area contributed by atoms with Crippen LogP contribution in [-0.4, -0.2) is 90.8 Å². The quantitative estimate of drug-likeness (QED) is 0.0100. The molecule has 0 saturated carbocycles. The van der Waals surface area contributed by atoms with Gasteiger partial charge in [0.2, 0.25) is 0 Å². The topological polar surface area (TPSA) is 203 Å². The number of benzene rings is 4. The Hall–Kier alpha value is -5.75. The fourth-order valence-corrected chi connectivity index (χ4v) is 11.3. The van der Waals surface area contributed by atoms with Crippen LogP contribution < -0.4 is 26.1 Å². The average Bonchev–Trinajstić information content (AvgIpc) is 3.07. The lowest BCUT2D eigenvalue weighted by Gasteiger charge is -2.39. The summed E-state index contributed by atoms with van der Waals surface area (Å²) in [5.41, 5.74) is 1.58. The first kappa shape index (κ1) is 68.7. The van der Waals surface area contributed by atoms with E-state index in [-0.39, 0.29) is 39.1 Å². The van der Waals surface area contributed by atoms with E-state index in [1.807, 2.05) is 0 Å². The number of nitriles is 1. The first-order valence-electron chi connectivity index (χ1n) is 29.9. The van der Waals surface area contributed by atoms with Crippen LogP contribution in [0, 0.1) is 11.3 Å². The Balaban J connectivity index is 0.000000349. The second-order valence-electron chi connectivity index (χ2n) is 21.2. The Kier molecular flexibility index (Phi) is 30.8. The highest BCUT2D eigenvalue weighted by atomic mass is 32.2. The SMILES string of the molecule is CCCC[N+](CCCC)(CCCC)CCCC.CCCC[N+](CCCC)(CCCC)CCCC.COc1cc(NC=c2c(-c3ccccc3)c(C#N)c3nc4ccccc4n3c2=O)c(S(=O)(=O)[O-])cc1N=Nc1ccc(SOO[O-])cc1. The molecule has 6 aromatic rings. The highest BCUT2D eigenvalue weighted by Crippen LogP contribution is 2.37. The van der Waals surface area contributed by atoms with Gasteiger partial charge in [0, 0.05) is 22.7 Å². The molecule has 0 aliphatic rings. The van der Waals surface area contributed by atoms with Gasteiger partial charge in [-0.05, 0) is 99.4 Å². The van der Waals surface area contributed by atoms with Crippen LogP contribution in [0.4, 0.5) is 17.1 Å². The molecule has 0 atom stereocenters. The van der Waals surface area contributed by atoms with Crippen molar-refractivity contribution in [2.24, 2.45) is 10.2 Å². The number of quaternary nitrogens is 2. The number of pyridine rings is 1. The Morgan fingerprint density at radius 2 is 1.16 bits per heavy atom. The van der Waals surface area contributed by atoms with Crippen LogP contribution in [0.1, 0.15) is 164 Å². The predicted molar refractivity (Wildman–Crippen MR) is 331 cm³/mol. The van der Waals surface area contributed by atoms with Gasteiger partial charge >= 0.3 is 0 Å². The summed E-state index contributed by atoms with van der Waals surface area (Å²) in [6.07, 6.45) is 23.4. The lowest BCUT2D eigenvalue weighted by atomic mass is 9.99. The van der Waals surface area contributed by atoms with Gasteiger partial charge in [-0.2, -0.15) is 14.7 Å². The van der Waals surface area contributed by atoms with E-state index in [0.29, 0.717) is 39.2 Å². The van der Waals surface area contributed by atoms with Crippen molar-refractivity contribution in [3.8, 4) is 22.9 Å². The van der Waals surface area contributed by atoms with Gasteiger partial charge < -0.3 is 28.8 Å². The van der Waals surface area contributed by atoms with Crippen molar-refractivity contribution in [2.75, 3.05) is 64.8 Å². The fourth-order valence-electron chi connectivity index (χ4n) is 10.3. The monoisotopic (exact) mass is 1160 g/mol. The molecule has 1 N–H and O–H groups in total. The van der Waals surface area contributed by atoms with Crippen LogP contribution >= 0.6 is 12.0 Å². The average molecular weight is 1170 g/mol. The normalized spacial score (nSPS) is 12.1. The van der Waals surface area contributed by atoms with E-state index in [9.17, 15) is 28.3 Å². The summed E-state index contributed by atoms with van der Waals surface area (Å²) >= 11 is 0.684. The molecule has 0 fully saturated rings. The summed E-state index contributed by atoms with van der Waals surface area (Å²) in [4.78, 5) is 18.5. The number of fused-ring (bicyclic) bond motifs is 3. The minimum absolute atomic E-state index is 0.0132. The van der Waals surface area contributed by atoms with Gasteiger partial charge in [-0.3, -0.25) is 14.2 Å². The molecule has 0 unspecified atom stereocenters. The third-order valence-corrected chi connectivity index (χ3v) is 16.5. The van der Waals surface area contributed by atoms with Gasteiger partial charge in [0.1, 0.15) is 33.2 Å². The summed E-state index contributed by atoms with van der Waals surface area (Å²) in [6, 6.07) is 26.3. The number of azo groups is 1. The van der Waals surface area contributed by atoms with E-state index in [1.54, 1.807) is 78.9 Å². The van der Waals surface area contributed by atoms with Crippen molar-refractivity contribution in [2.45, 2.75) is 168 Å². The number of anilines is 1. The molecule has 18 heteroatoms. The number of imidazole rings is 1. The van der Waals surface area contributed by atoms with Gasteiger partial charge in [0.05, 0.1) is 104 Å². The Morgan fingerprint density at radius 3 is 1.60 bits per heavy atom. The van der Waals surface area contributed by atoms with Crippen molar-refractivity contribution in [1.29, 1.82) is 5.26 Å². The van der Waals surface area contributed by atoms with Gasteiger partial charge in [-0.15, -0.1) is 5.11 Å². The molecule has 0 spiro atoms. The molecule has 6 rings (SSSR count). The summed E-state index contributed by atoms with van der Waals surface area (Å²) in [7, 11) is -3.79. The van der Waals surface area contributed by atoms with Crippen molar-refractivity contribution in [3.05, 3.63) is 112 Å². The molecule has 4 aromatic carbocycles. The van der Waals surface area contributed by atoms with Gasteiger partial charge in [-0.1, -0.05) is 149 Å². The van der Waals surface area contributed by atoms with Crippen molar-refractivity contribution >= 4 is 62.1 Å². The van der Waals surface area contributed by atoms with Gasteiger partial charge in [0.25, 0.3) is 5.56 Å². The lowest BCUT2D eigenvalue weighted by molar-refractivity contribution is -0.929. The second kappa shape index (κ2) is 36.7. The highest BCUT2D eigenvalue weighted by molar-refractivity contribution is 7.94. The maximum atomic E-state index is 14.1. The maximum Gasteiger partial charge on any atom is 0.266 e. The van der Waals surface area contributed by atoms with Crippen LogP contribution in [0.15, 0.2) is 116 Å². The standard InChI is InChI=1S/C32H22N6O8S2.2C16H36N/c1-44-28-15-26(29(48(41,42)43)16-25(28)37-36-20-11-13-21(14-12-20)47-46-45-40)34-18-23-30(19-7-3-2-4-8-19)22(17-33)31-35-24-9-5-6-10-27(24)38(31)32(23)39;2*1-5-9-13-17(14-10-6-2,15-11-7-3)16-12-8-4/h2-16,18,34,40H,1H3,(H,41,42,43);2*5-16H2,1-4H3/q;2*+1/p-2. The minimum atomic E-state index is -5.11. The molecule has 2 heterocycles. The number of para-hydroxylation sites is 2. The number of aromatic nitrogens is 2. The first-order chi connectivity index (χ1) is 39.7. The molecule has 0 amide bonds. The Labute approximate surface area is 493 Å². The smallest absolute Gasteiger partial charge is 0.266 e. The van der Waals surface area contributed by atoms with E-state index in [2.05, 4.69) is 91.4 Å². The predicted octanol–water partition coefficient (Wildman–Crippen LogP) is 14.5. The van der Waals surface area contributed by atoms with Crippen LogP contribution in [0.2, 0.25) is 0 Å². The van der Waals surface area contributed by atoms with E-state index < -0.39 is 20.6 Å². The number of ether oxygens (including phenoxy) is 1. The molecular formula is C64H92N8O8S2. The number of methoxy groups -OCH3 is 1. The third-order valence-electron chi connectivity index (χ3n) is 15.0. The molecular weight excluding hydrogens is 1070 g/mol. The van der Waals surface area contributed by atoms with Crippen LogP contribution in [0.25, 0.3) is 34.0 Å². The second-order valence-corrected chi connectivity index (χ2v) is 23.3. The molecule has 448 valence electrons. The number of nitrogens with zero attached hydrogens (tertiary/aromatic N) is 7. The van der Waals surface area contributed by atoms with E-state index in [4.69, 9.17) is 4.74 Å². The summed E-state index contributed by atoms with van der Waals surface area (Å²) in [5.74, 6) is 0.0506. The van der Waals surface area contributed by atoms with Crippen molar-refractivity contribution in [1.82, 2.24) is 9.38 Å². The van der Waals surface area contributed by atoms with Gasteiger partial charge in [-0.25, -0.2) is 13.4 Å². The molecule has 82 heavy (non-hydrogen) atoms. The molecule has 0 radical (unpaired) electrons. The summed E-state index contributed by atoms with van der Waals surface area (Å²) in [6.45, 7) is 30.0. The first-order valence-corrected chi connectivity index (χ1v) is 32.1. The Bertz CT molecular complexity index is 3020. The van der Waals surface area contributed by atoms with E-state index >= 15 is 0 Å². The van der Waals surface area contributed by atoms with Gasteiger partial charge in [0.15, 0.2) is 5.65 Å². The third kappa shape index (κ3) is 20.5. The zero-order chi connectivity index (χ0) is 59.8. The van der Waals surface area contributed by atoms with Crippen molar-refractivity contribution in [3.63, 3.8) is 0 Å². The largest absolute Gasteiger partial charge is 0.744 e. The van der Waals surface area contributed by atoms with Crippen LogP contribution in [0.5, 0.6) is 5.75 Å². The number of unbranched alkanes of at least 4 members (excludes halogenated alkanes) is 8. The minimum Gasteiger partial charge on any atom is -0.744 e. The number of hydrogen-bond acceptors (Lipinski definition) is 14. The number of nitrogens with one attached hydrogen (secondary N) is 1. The van der Waals surface area contributed by atoms with Crippen molar-refractivity contribution < 1.29 is 41.3 Å². The summed E-state index contributed by atoms with van der Waals surface area (Å²) < 4.78 is 51.3. The zero-order valence-electron chi connectivity index (χ0n) is 50.4. The summed E-state index contributed by atoms with van der Waals surface area (Å²) in [5, 5.41) is 34.6. The molecule has 0 saturated heterocycles. The maximum absolute atomic E-state index is 14.1. The fraction of sp³-hybridized carbons (Fsp3) is 0.516. The molecule has 0 bridgehead atoms. The van der Waals surface area contributed by atoms with E-state index in [0.717, 1.165) is 6.07 Å². The highest BCUT2D eigenvalue weighted by Gasteiger charge is 2.27. The molecule has 0 aliphatic carbocycles. The number of rotatable bonds is 34. The molecule has 16 nitrogen and oxygen atoms in total. The molecule has 2 aromatic heterocycles. The Morgan fingerprint density at radius 1 is 0.683 bits per heavy atom. The zero-order valence-corrected chi connectivity index (χ0v) is 52.1. The van der Waals surface area contributed by atoms with Crippen LogP contribution in [-0.2, 0) is 19.5 Å². The molecule has 0 aliphatic heterocycles. The van der Waals surface area contributed by atoms with E-state index in [1.165, 1.54) is 188 Å². The van der Waals surface area contributed by atoms with Crippen LogP contribution in [0.3, 0.4) is 0 Å². The lowest BCUT2D eigenvalue weighted by Crippen LogP contribution is -2.50. The number of hydrogen-bond donors (Lipinski definition) is 1.